The Bertz CT molecular complexity index is 574. The highest BCUT2D eigenvalue weighted by Gasteiger charge is 2.15. The van der Waals surface area contributed by atoms with E-state index in [0.29, 0.717) is 16.9 Å². The van der Waals surface area contributed by atoms with Crippen LogP contribution in [0, 0.1) is 13.8 Å². The molecular weight excluding hydrogens is 240 g/mol. The zero-order chi connectivity index (χ0) is 14.6. The lowest BCUT2D eigenvalue weighted by molar-refractivity contribution is 0.288. The number of methoxy groups -OCH3 is 1. The highest BCUT2D eigenvalue weighted by Crippen LogP contribution is 2.24. The van der Waals surface area contributed by atoms with E-state index >= 15 is 0 Å². The van der Waals surface area contributed by atoms with E-state index in [1.807, 2.05) is 19.9 Å². The number of hydrogen-bond donors (Lipinski definition) is 0. The Hall–Kier alpha value is -1.77. The summed E-state index contributed by atoms with van der Waals surface area (Å²) in [6.45, 7) is 9.55. The summed E-state index contributed by atoms with van der Waals surface area (Å²) in [6.07, 6.45) is 5.13. The van der Waals surface area contributed by atoms with Crippen LogP contribution in [0.2, 0.25) is 0 Å². The van der Waals surface area contributed by atoms with Crippen LogP contribution >= 0.6 is 0 Å². The standard InChI is InChI=1S/C16H22O3/c1-7-8-10(2)9-11(3)15-12(4)14(17)13(5)16(18-6)19-15/h8-9H,7H2,1-6H3/b10-8-,11-9-. The van der Waals surface area contributed by atoms with Crippen molar-refractivity contribution in [3.8, 4) is 5.95 Å². The third-order valence-corrected chi connectivity index (χ3v) is 3.04. The first-order valence-corrected chi connectivity index (χ1v) is 6.46. The molecule has 0 saturated carbocycles. The summed E-state index contributed by atoms with van der Waals surface area (Å²) in [5.41, 5.74) is 3.19. The van der Waals surface area contributed by atoms with Gasteiger partial charge in [0.15, 0.2) is 5.43 Å². The molecule has 0 saturated heterocycles. The highest BCUT2D eigenvalue weighted by molar-refractivity contribution is 5.65. The van der Waals surface area contributed by atoms with Gasteiger partial charge in [-0.1, -0.05) is 24.6 Å². The Balaban J connectivity index is 3.40. The van der Waals surface area contributed by atoms with E-state index in [1.165, 1.54) is 7.11 Å². The Morgan fingerprint density at radius 2 is 1.89 bits per heavy atom. The minimum absolute atomic E-state index is 0.0250. The fraction of sp³-hybridized carbons (Fsp3) is 0.438. The van der Waals surface area contributed by atoms with E-state index in [9.17, 15) is 4.79 Å². The van der Waals surface area contributed by atoms with Crippen LogP contribution in [0.5, 0.6) is 5.95 Å². The Labute approximate surface area is 114 Å². The van der Waals surface area contributed by atoms with Gasteiger partial charge in [-0.25, -0.2) is 0 Å². The lowest BCUT2D eigenvalue weighted by atomic mass is 10.1. The van der Waals surface area contributed by atoms with Crippen molar-refractivity contribution < 1.29 is 9.15 Å². The second-order valence-electron chi connectivity index (χ2n) is 4.69. The summed E-state index contributed by atoms with van der Waals surface area (Å²) < 4.78 is 10.8. The molecule has 1 aromatic heterocycles. The predicted molar refractivity (Wildman–Crippen MR) is 78.7 cm³/mol. The topological polar surface area (TPSA) is 39.4 Å². The van der Waals surface area contributed by atoms with Crippen molar-refractivity contribution in [2.45, 2.75) is 41.0 Å². The summed E-state index contributed by atoms with van der Waals surface area (Å²) in [6, 6.07) is 0. The fourth-order valence-corrected chi connectivity index (χ4v) is 2.08. The average Bonchev–Trinajstić information content (AvgIpc) is 2.36. The normalized spacial score (nSPS) is 12.7. The maximum Gasteiger partial charge on any atom is 0.291 e. The van der Waals surface area contributed by atoms with Gasteiger partial charge in [-0.2, -0.15) is 0 Å². The first-order valence-electron chi connectivity index (χ1n) is 6.46. The van der Waals surface area contributed by atoms with Crippen molar-refractivity contribution >= 4 is 5.57 Å². The smallest absolute Gasteiger partial charge is 0.291 e. The summed E-state index contributed by atoms with van der Waals surface area (Å²) in [5, 5.41) is 0. The van der Waals surface area contributed by atoms with Crippen LogP contribution in [0.3, 0.4) is 0 Å². The molecule has 0 radical (unpaired) electrons. The van der Waals surface area contributed by atoms with Crippen LogP contribution in [0.15, 0.2) is 26.9 Å². The molecule has 0 unspecified atom stereocenters. The number of rotatable bonds is 4. The van der Waals surface area contributed by atoms with Gasteiger partial charge in [-0.05, 0) is 39.7 Å². The second-order valence-corrected chi connectivity index (χ2v) is 4.69. The first-order chi connectivity index (χ1) is 8.92. The van der Waals surface area contributed by atoms with Crippen LogP contribution in [0.4, 0.5) is 0 Å². The lowest BCUT2D eigenvalue weighted by Gasteiger charge is -2.10. The highest BCUT2D eigenvalue weighted by atomic mass is 16.6. The molecule has 0 atom stereocenters. The summed E-state index contributed by atoms with van der Waals surface area (Å²) in [4.78, 5) is 12.1. The molecule has 104 valence electrons. The monoisotopic (exact) mass is 262 g/mol. The molecule has 0 aliphatic carbocycles. The molecule has 0 amide bonds. The van der Waals surface area contributed by atoms with Crippen molar-refractivity contribution in [3.63, 3.8) is 0 Å². The van der Waals surface area contributed by atoms with Gasteiger partial charge in [0.2, 0.25) is 0 Å². The van der Waals surface area contributed by atoms with Crippen LogP contribution in [0.1, 0.15) is 44.1 Å². The Kier molecular flexibility index (Phi) is 5.16. The Morgan fingerprint density at radius 3 is 2.42 bits per heavy atom. The van der Waals surface area contributed by atoms with Gasteiger partial charge >= 0.3 is 0 Å². The summed E-state index contributed by atoms with van der Waals surface area (Å²) in [5.74, 6) is 0.881. The number of allylic oxidation sites excluding steroid dienone is 4. The fourth-order valence-electron chi connectivity index (χ4n) is 2.08. The van der Waals surface area contributed by atoms with Crippen molar-refractivity contribution in [2.75, 3.05) is 7.11 Å². The van der Waals surface area contributed by atoms with Gasteiger partial charge in [0.25, 0.3) is 5.95 Å². The van der Waals surface area contributed by atoms with E-state index < -0.39 is 0 Å². The molecule has 3 nitrogen and oxygen atoms in total. The summed E-state index contributed by atoms with van der Waals surface area (Å²) >= 11 is 0. The van der Waals surface area contributed by atoms with Gasteiger partial charge in [-0.3, -0.25) is 4.79 Å². The minimum Gasteiger partial charge on any atom is -0.468 e. The van der Waals surface area contributed by atoms with Gasteiger partial charge in [-0.15, -0.1) is 0 Å². The SMILES string of the molecule is CC/C=C(C)\C=C(\C)c1oc(OC)c(C)c(=O)c1C. The largest absolute Gasteiger partial charge is 0.468 e. The van der Waals surface area contributed by atoms with E-state index in [1.54, 1.807) is 13.8 Å². The maximum atomic E-state index is 12.1. The average molecular weight is 262 g/mol. The molecule has 0 bridgehead atoms. The zero-order valence-corrected chi connectivity index (χ0v) is 12.6. The van der Waals surface area contributed by atoms with E-state index in [0.717, 1.165) is 17.6 Å². The number of hydrogen-bond acceptors (Lipinski definition) is 3. The van der Waals surface area contributed by atoms with Crippen molar-refractivity contribution in [2.24, 2.45) is 0 Å². The molecule has 0 N–H and O–H groups in total. The van der Waals surface area contributed by atoms with Gasteiger partial charge in [0, 0.05) is 5.56 Å². The van der Waals surface area contributed by atoms with Crippen LogP contribution in [-0.2, 0) is 0 Å². The molecule has 0 aromatic carbocycles. The maximum absolute atomic E-state index is 12.1. The third-order valence-electron chi connectivity index (χ3n) is 3.04. The van der Waals surface area contributed by atoms with E-state index in [4.69, 9.17) is 9.15 Å². The Morgan fingerprint density at radius 1 is 1.26 bits per heavy atom. The minimum atomic E-state index is -0.0250. The van der Waals surface area contributed by atoms with E-state index in [2.05, 4.69) is 13.0 Å². The van der Waals surface area contributed by atoms with Crippen molar-refractivity contribution in [1.82, 2.24) is 0 Å². The van der Waals surface area contributed by atoms with Crippen molar-refractivity contribution in [3.05, 3.63) is 44.8 Å². The third kappa shape index (κ3) is 3.37. The van der Waals surface area contributed by atoms with E-state index in [-0.39, 0.29) is 11.4 Å². The van der Waals surface area contributed by atoms with Crippen LogP contribution in [-0.4, -0.2) is 7.11 Å². The molecule has 1 rings (SSSR count). The molecule has 0 fully saturated rings. The van der Waals surface area contributed by atoms with Gasteiger partial charge < -0.3 is 9.15 Å². The molecule has 0 aliphatic heterocycles. The number of ether oxygens (including phenoxy) is 1. The second kappa shape index (κ2) is 6.41. The first kappa shape index (κ1) is 15.3. The summed E-state index contributed by atoms with van der Waals surface area (Å²) in [7, 11) is 1.51. The zero-order valence-electron chi connectivity index (χ0n) is 12.6. The quantitative estimate of drug-likeness (QED) is 0.769. The molecule has 19 heavy (non-hydrogen) atoms. The predicted octanol–water partition coefficient (Wildman–Crippen LogP) is 4.02. The molecule has 0 aliphatic rings. The van der Waals surface area contributed by atoms with Crippen molar-refractivity contribution in [1.29, 1.82) is 0 Å². The molecule has 0 spiro atoms. The lowest BCUT2D eigenvalue weighted by Crippen LogP contribution is -2.12. The molecule has 1 aromatic rings. The molecular formula is C16H22O3. The van der Waals surface area contributed by atoms with Crippen LogP contribution in [0.25, 0.3) is 5.57 Å². The van der Waals surface area contributed by atoms with Crippen LogP contribution < -0.4 is 10.2 Å². The van der Waals surface area contributed by atoms with Gasteiger partial charge in [0.1, 0.15) is 5.76 Å². The van der Waals surface area contributed by atoms with Gasteiger partial charge in [0.05, 0.1) is 12.7 Å². The molecule has 1 heterocycles. The molecule has 3 heteroatoms.